The van der Waals surface area contributed by atoms with E-state index in [1.165, 1.54) is 0 Å². The van der Waals surface area contributed by atoms with Gasteiger partial charge in [0.2, 0.25) is 0 Å². The molecule has 0 amide bonds. The Morgan fingerprint density at radius 2 is 2.27 bits per heavy atom. The number of pyridine rings is 1. The number of carbonyl (C=O) groups is 1. The number of aryl methyl sites for hydroxylation is 2. The molecule has 1 N–H and O–H groups in total. The molecule has 1 aliphatic heterocycles. The van der Waals surface area contributed by atoms with Gasteiger partial charge in [0, 0.05) is 28.8 Å². The molecule has 2 heterocycles. The Balaban J connectivity index is 1.91. The average Bonchev–Trinajstić information content (AvgIpc) is 2.96. The van der Waals surface area contributed by atoms with E-state index in [0.717, 1.165) is 41.2 Å². The van der Waals surface area contributed by atoms with Crippen LogP contribution in [0.1, 0.15) is 30.2 Å². The zero-order valence-corrected chi connectivity index (χ0v) is 14.5. The van der Waals surface area contributed by atoms with Crippen LogP contribution in [0, 0.1) is 13.8 Å². The van der Waals surface area contributed by atoms with Crippen molar-refractivity contribution in [3.8, 4) is 5.75 Å². The minimum atomic E-state index is -0.184. The Labute approximate surface area is 136 Å². The maximum absolute atomic E-state index is 11.7. The highest BCUT2D eigenvalue weighted by Gasteiger charge is 2.30. The lowest BCUT2D eigenvalue weighted by Crippen LogP contribution is -2.38. The predicted molar refractivity (Wildman–Crippen MR) is 88.4 cm³/mol. The highest BCUT2D eigenvalue weighted by Crippen LogP contribution is 2.27. The van der Waals surface area contributed by atoms with Gasteiger partial charge in [-0.2, -0.15) is 0 Å². The number of ether oxygens (including phenoxy) is 2. The molecule has 2 atom stereocenters. The van der Waals surface area contributed by atoms with Crippen LogP contribution in [-0.2, 0) is 16.0 Å². The van der Waals surface area contributed by atoms with Gasteiger partial charge in [-0.15, -0.1) is 11.8 Å². The molecule has 22 heavy (non-hydrogen) atoms. The lowest BCUT2D eigenvalue weighted by molar-refractivity contribution is -0.144. The fourth-order valence-electron chi connectivity index (χ4n) is 2.67. The van der Waals surface area contributed by atoms with Gasteiger partial charge in [0.25, 0.3) is 0 Å². The van der Waals surface area contributed by atoms with E-state index in [9.17, 15) is 4.79 Å². The molecule has 1 aromatic heterocycles. The molecule has 1 aromatic rings. The number of rotatable bonds is 6. The number of esters is 1. The van der Waals surface area contributed by atoms with E-state index in [2.05, 4.69) is 10.3 Å². The van der Waals surface area contributed by atoms with Gasteiger partial charge in [-0.05, 0) is 33.6 Å². The monoisotopic (exact) mass is 324 g/mol. The summed E-state index contributed by atoms with van der Waals surface area (Å²) < 4.78 is 10.5. The molecule has 0 bridgehead atoms. The van der Waals surface area contributed by atoms with Crippen molar-refractivity contribution in [3.05, 3.63) is 23.0 Å². The van der Waals surface area contributed by atoms with E-state index in [1.54, 1.807) is 18.9 Å². The van der Waals surface area contributed by atoms with Crippen molar-refractivity contribution >= 4 is 17.7 Å². The second kappa shape index (κ2) is 7.83. The Kier molecular flexibility index (Phi) is 6.08. The molecule has 0 radical (unpaired) electrons. The largest absolute Gasteiger partial charge is 0.496 e. The van der Waals surface area contributed by atoms with Crippen molar-refractivity contribution in [1.82, 2.24) is 10.3 Å². The first-order chi connectivity index (χ1) is 10.6. The van der Waals surface area contributed by atoms with E-state index in [0.29, 0.717) is 6.61 Å². The van der Waals surface area contributed by atoms with E-state index in [4.69, 9.17) is 9.47 Å². The average molecular weight is 324 g/mol. The zero-order valence-electron chi connectivity index (χ0n) is 13.6. The molecule has 5 nitrogen and oxygen atoms in total. The number of thioether (sulfide) groups is 1. The van der Waals surface area contributed by atoms with Gasteiger partial charge in [0.1, 0.15) is 11.8 Å². The third-order valence-electron chi connectivity index (χ3n) is 3.82. The molecule has 2 rings (SSSR count). The lowest BCUT2D eigenvalue weighted by atomic mass is 10.1. The van der Waals surface area contributed by atoms with Gasteiger partial charge < -0.3 is 9.47 Å². The maximum atomic E-state index is 11.7. The van der Waals surface area contributed by atoms with Crippen molar-refractivity contribution < 1.29 is 14.3 Å². The van der Waals surface area contributed by atoms with Crippen LogP contribution in [0.3, 0.4) is 0 Å². The van der Waals surface area contributed by atoms with Gasteiger partial charge in [0.15, 0.2) is 0 Å². The van der Waals surface area contributed by atoms with Crippen LogP contribution < -0.4 is 10.1 Å². The van der Waals surface area contributed by atoms with E-state index < -0.39 is 0 Å². The van der Waals surface area contributed by atoms with Gasteiger partial charge in [0.05, 0.1) is 19.1 Å². The number of aromatic nitrogens is 1. The Hall–Kier alpha value is -1.27. The van der Waals surface area contributed by atoms with Crippen molar-refractivity contribution in [1.29, 1.82) is 0 Å². The first-order valence-corrected chi connectivity index (χ1v) is 8.65. The number of methoxy groups -OCH3 is 1. The highest BCUT2D eigenvalue weighted by molar-refractivity contribution is 8.00. The number of carbonyl (C=O) groups excluding carboxylic acids is 1. The normalized spacial score (nSPS) is 20.9. The second-order valence-electron chi connectivity index (χ2n) is 5.38. The summed E-state index contributed by atoms with van der Waals surface area (Å²) in [6.07, 6.45) is 3.65. The van der Waals surface area contributed by atoms with Crippen LogP contribution in [0.5, 0.6) is 5.75 Å². The Morgan fingerprint density at radius 1 is 1.50 bits per heavy atom. The van der Waals surface area contributed by atoms with E-state index in [1.807, 2.05) is 27.0 Å². The quantitative estimate of drug-likeness (QED) is 0.810. The third kappa shape index (κ3) is 3.93. The van der Waals surface area contributed by atoms with Crippen molar-refractivity contribution in [2.24, 2.45) is 0 Å². The van der Waals surface area contributed by atoms with Crippen LogP contribution >= 0.6 is 11.8 Å². The number of hydrogen-bond donors (Lipinski definition) is 1. The van der Waals surface area contributed by atoms with E-state index in [-0.39, 0.29) is 17.4 Å². The fourth-order valence-corrected chi connectivity index (χ4v) is 3.87. The Bertz CT molecular complexity index is 536. The van der Waals surface area contributed by atoms with Crippen LogP contribution in [0.2, 0.25) is 0 Å². The summed E-state index contributed by atoms with van der Waals surface area (Å²) in [5.41, 5.74) is 3.22. The van der Waals surface area contributed by atoms with Crippen molar-refractivity contribution in [3.63, 3.8) is 0 Å². The molecule has 1 fully saturated rings. The molecule has 6 heteroatoms. The van der Waals surface area contributed by atoms with Crippen molar-refractivity contribution in [2.75, 3.05) is 19.5 Å². The minimum Gasteiger partial charge on any atom is -0.496 e. The van der Waals surface area contributed by atoms with Crippen LogP contribution in [0.15, 0.2) is 6.20 Å². The minimum absolute atomic E-state index is 0.149. The number of nitrogens with zero attached hydrogens (tertiary/aromatic N) is 1. The maximum Gasteiger partial charge on any atom is 0.324 e. The molecule has 0 spiro atoms. The summed E-state index contributed by atoms with van der Waals surface area (Å²) in [5, 5.41) is 3.60. The van der Waals surface area contributed by atoms with Crippen molar-refractivity contribution in [2.45, 2.75) is 45.0 Å². The topological polar surface area (TPSA) is 60.5 Å². The predicted octanol–water partition coefficient (Wildman–Crippen LogP) is 2.23. The van der Waals surface area contributed by atoms with Gasteiger partial charge in [-0.3, -0.25) is 15.1 Å². The molecular weight excluding hydrogens is 300 g/mol. The summed E-state index contributed by atoms with van der Waals surface area (Å²) >= 11 is 1.77. The van der Waals surface area contributed by atoms with Gasteiger partial charge in [-0.25, -0.2) is 0 Å². The molecule has 122 valence electrons. The molecule has 1 aliphatic rings. The molecule has 1 unspecified atom stereocenters. The first kappa shape index (κ1) is 17.1. The summed E-state index contributed by atoms with van der Waals surface area (Å²) in [5.74, 6) is 1.54. The highest BCUT2D eigenvalue weighted by atomic mass is 32.2. The zero-order chi connectivity index (χ0) is 16.1. The molecular formula is C16H24N2O3S. The third-order valence-corrected chi connectivity index (χ3v) is 5.12. The van der Waals surface area contributed by atoms with E-state index >= 15 is 0 Å². The standard InChI is InChI=1S/C16H24N2O3S/c1-5-21-16(19)13-9-22-14(18-13)7-6-12-11(3)15(20-4)10(2)8-17-12/h8,13-14,18H,5-7,9H2,1-4H3/t13-,14?/m0/s1. The molecule has 0 aromatic carbocycles. The van der Waals surface area contributed by atoms with Gasteiger partial charge >= 0.3 is 5.97 Å². The van der Waals surface area contributed by atoms with Crippen LogP contribution in [0.4, 0.5) is 0 Å². The van der Waals surface area contributed by atoms with Gasteiger partial charge in [-0.1, -0.05) is 0 Å². The van der Waals surface area contributed by atoms with Crippen LogP contribution in [-0.4, -0.2) is 41.8 Å². The first-order valence-electron chi connectivity index (χ1n) is 7.60. The summed E-state index contributed by atoms with van der Waals surface area (Å²) in [7, 11) is 1.69. The number of nitrogens with one attached hydrogen (secondary N) is 1. The summed E-state index contributed by atoms with van der Waals surface area (Å²) in [4.78, 5) is 16.2. The second-order valence-corrected chi connectivity index (χ2v) is 6.61. The van der Waals surface area contributed by atoms with Crippen LogP contribution in [0.25, 0.3) is 0 Å². The fraction of sp³-hybridized carbons (Fsp3) is 0.625. The number of hydrogen-bond acceptors (Lipinski definition) is 6. The summed E-state index contributed by atoms with van der Waals surface area (Å²) in [6, 6.07) is -0.184. The molecule has 1 saturated heterocycles. The summed E-state index contributed by atoms with van der Waals surface area (Å²) in [6.45, 7) is 6.31. The SMILES string of the molecule is CCOC(=O)[C@@H]1CSC(CCc2ncc(C)c(OC)c2C)N1. The molecule has 0 saturated carbocycles. The lowest BCUT2D eigenvalue weighted by Gasteiger charge is -2.15. The Morgan fingerprint density at radius 3 is 2.95 bits per heavy atom. The smallest absolute Gasteiger partial charge is 0.324 e. The molecule has 0 aliphatic carbocycles.